The summed E-state index contributed by atoms with van der Waals surface area (Å²) in [4.78, 5) is 17.1. The molecule has 0 bridgehead atoms. The van der Waals surface area contributed by atoms with E-state index >= 15 is 0 Å². The number of hydrogen-bond donors (Lipinski definition) is 1. The summed E-state index contributed by atoms with van der Waals surface area (Å²) in [6.45, 7) is 3.89. The fourth-order valence-corrected chi connectivity index (χ4v) is 2.48. The Morgan fingerprint density at radius 1 is 1.41 bits per heavy atom. The smallest absolute Gasteiger partial charge is 0.412 e. The van der Waals surface area contributed by atoms with Crippen LogP contribution in [0.2, 0.25) is 5.02 Å². The average Bonchev–Trinajstić information content (AvgIpc) is 2.46. The Bertz CT molecular complexity index is 704. The predicted molar refractivity (Wildman–Crippen MR) is 85.9 cm³/mol. The van der Waals surface area contributed by atoms with Crippen molar-refractivity contribution in [3.8, 4) is 5.75 Å². The summed E-state index contributed by atoms with van der Waals surface area (Å²) < 4.78 is 5.36. The third kappa shape index (κ3) is 3.31. The molecular formula is C16H17ClN2O3. The number of aryl methyl sites for hydroxylation is 1. The maximum absolute atomic E-state index is 11.6. The molecule has 0 saturated carbocycles. The van der Waals surface area contributed by atoms with Gasteiger partial charge in [-0.25, -0.2) is 4.79 Å². The molecule has 6 heteroatoms. The second-order valence-corrected chi connectivity index (χ2v) is 5.33. The van der Waals surface area contributed by atoms with Crippen LogP contribution < -0.4 is 9.64 Å². The molecule has 0 spiro atoms. The normalized spacial score (nSPS) is 10.4. The van der Waals surface area contributed by atoms with Crippen molar-refractivity contribution in [2.45, 2.75) is 20.4 Å². The van der Waals surface area contributed by atoms with E-state index in [9.17, 15) is 9.90 Å². The fourth-order valence-electron chi connectivity index (χ4n) is 2.29. The molecule has 116 valence electrons. The third-order valence-electron chi connectivity index (χ3n) is 3.41. The van der Waals surface area contributed by atoms with Crippen LogP contribution in [0, 0.1) is 13.8 Å². The van der Waals surface area contributed by atoms with Gasteiger partial charge in [-0.05, 0) is 32.0 Å². The number of carboxylic acid groups (broad SMARTS) is 1. The van der Waals surface area contributed by atoms with Crippen LogP contribution in [0.3, 0.4) is 0 Å². The zero-order chi connectivity index (χ0) is 16.3. The van der Waals surface area contributed by atoms with Gasteiger partial charge in [0, 0.05) is 28.0 Å². The van der Waals surface area contributed by atoms with E-state index in [1.165, 1.54) is 4.90 Å². The molecule has 22 heavy (non-hydrogen) atoms. The van der Waals surface area contributed by atoms with Gasteiger partial charge in [-0.1, -0.05) is 17.7 Å². The summed E-state index contributed by atoms with van der Waals surface area (Å²) in [6, 6.07) is 6.71. The summed E-state index contributed by atoms with van der Waals surface area (Å²) >= 11 is 5.94. The van der Waals surface area contributed by atoms with Crippen molar-refractivity contribution in [1.82, 2.24) is 4.98 Å². The van der Waals surface area contributed by atoms with E-state index in [-0.39, 0.29) is 6.54 Å². The van der Waals surface area contributed by atoms with Gasteiger partial charge >= 0.3 is 6.09 Å². The SMILES string of the molecule is COc1c(C)cnc(CN(C(=O)O)c2cccc(Cl)c2)c1C. The molecular weight excluding hydrogens is 304 g/mol. The van der Waals surface area contributed by atoms with Gasteiger partial charge in [0.25, 0.3) is 0 Å². The van der Waals surface area contributed by atoms with Crippen molar-refractivity contribution in [2.75, 3.05) is 12.0 Å². The van der Waals surface area contributed by atoms with Gasteiger partial charge in [-0.2, -0.15) is 0 Å². The zero-order valence-electron chi connectivity index (χ0n) is 12.6. The lowest BCUT2D eigenvalue weighted by Crippen LogP contribution is -2.29. The zero-order valence-corrected chi connectivity index (χ0v) is 13.4. The highest BCUT2D eigenvalue weighted by atomic mass is 35.5. The summed E-state index contributed by atoms with van der Waals surface area (Å²) in [7, 11) is 1.59. The first-order chi connectivity index (χ1) is 10.4. The number of halogens is 1. The van der Waals surface area contributed by atoms with Crippen molar-refractivity contribution < 1.29 is 14.6 Å². The maximum atomic E-state index is 11.6. The lowest BCUT2D eigenvalue weighted by Gasteiger charge is -2.21. The van der Waals surface area contributed by atoms with E-state index in [0.29, 0.717) is 16.4 Å². The minimum absolute atomic E-state index is 0.123. The Labute approximate surface area is 134 Å². The molecule has 0 saturated heterocycles. The highest BCUT2D eigenvalue weighted by Crippen LogP contribution is 2.27. The average molecular weight is 321 g/mol. The lowest BCUT2D eigenvalue weighted by atomic mass is 10.1. The minimum atomic E-state index is -1.07. The number of anilines is 1. The molecule has 1 aromatic heterocycles. The van der Waals surface area contributed by atoms with Crippen LogP contribution in [0.5, 0.6) is 5.75 Å². The molecule has 1 amide bonds. The van der Waals surface area contributed by atoms with Gasteiger partial charge in [0.1, 0.15) is 5.75 Å². The molecule has 0 fully saturated rings. The molecule has 5 nitrogen and oxygen atoms in total. The minimum Gasteiger partial charge on any atom is -0.496 e. The summed E-state index contributed by atoms with van der Waals surface area (Å²) in [5.41, 5.74) is 2.88. The second kappa shape index (κ2) is 6.66. The van der Waals surface area contributed by atoms with Crippen LogP contribution in [0.25, 0.3) is 0 Å². The quantitative estimate of drug-likeness (QED) is 0.923. The van der Waals surface area contributed by atoms with E-state index in [1.807, 2.05) is 13.8 Å². The first-order valence-electron chi connectivity index (χ1n) is 6.69. The largest absolute Gasteiger partial charge is 0.496 e. The Kier molecular flexibility index (Phi) is 4.88. The number of amides is 1. The number of methoxy groups -OCH3 is 1. The molecule has 2 rings (SSSR count). The number of rotatable bonds is 4. The van der Waals surface area contributed by atoms with Gasteiger partial charge in [0.2, 0.25) is 0 Å². The van der Waals surface area contributed by atoms with Crippen molar-refractivity contribution in [3.63, 3.8) is 0 Å². The number of pyridine rings is 1. The van der Waals surface area contributed by atoms with Crippen LogP contribution in [0.15, 0.2) is 30.5 Å². The van der Waals surface area contributed by atoms with E-state index in [0.717, 1.165) is 16.9 Å². The summed E-state index contributed by atoms with van der Waals surface area (Å²) in [6.07, 6.45) is 0.613. The van der Waals surface area contributed by atoms with Crippen molar-refractivity contribution >= 4 is 23.4 Å². The number of carbonyl (C=O) groups is 1. The van der Waals surface area contributed by atoms with E-state index in [1.54, 1.807) is 37.6 Å². The van der Waals surface area contributed by atoms with E-state index in [2.05, 4.69) is 4.98 Å². The Balaban J connectivity index is 2.39. The van der Waals surface area contributed by atoms with Gasteiger partial charge in [-0.3, -0.25) is 9.88 Å². The van der Waals surface area contributed by atoms with Gasteiger partial charge < -0.3 is 9.84 Å². The van der Waals surface area contributed by atoms with Crippen molar-refractivity contribution in [2.24, 2.45) is 0 Å². The topological polar surface area (TPSA) is 62.7 Å². The lowest BCUT2D eigenvalue weighted by molar-refractivity contribution is 0.201. The molecule has 0 unspecified atom stereocenters. The summed E-state index contributed by atoms with van der Waals surface area (Å²) in [5, 5.41) is 9.96. The van der Waals surface area contributed by atoms with Crippen LogP contribution in [0.4, 0.5) is 10.5 Å². The Morgan fingerprint density at radius 3 is 2.73 bits per heavy atom. The first-order valence-corrected chi connectivity index (χ1v) is 7.07. The standard InChI is InChI=1S/C16H17ClN2O3/c1-10-8-18-14(11(2)15(10)22-3)9-19(16(20)21)13-6-4-5-12(17)7-13/h4-8H,9H2,1-3H3,(H,20,21). The number of aromatic nitrogens is 1. The molecule has 1 aromatic carbocycles. The Hall–Kier alpha value is -2.27. The second-order valence-electron chi connectivity index (χ2n) is 4.89. The van der Waals surface area contributed by atoms with Gasteiger partial charge in [-0.15, -0.1) is 0 Å². The molecule has 0 radical (unpaired) electrons. The number of hydrogen-bond acceptors (Lipinski definition) is 3. The molecule has 1 N–H and O–H groups in total. The molecule has 0 aliphatic heterocycles. The van der Waals surface area contributed by atoms with E-state index in [4.69, 9.17) is 16.3 Å². The van der Waals surface area contributed by atoms with Crippen LogP contribution in [-0.2, 0) is 6.54 Å². The highest BCUT2D eigenvalue weighted by Gasteiger charge is 2.19. The number of nitrogens with zero attached hydrogens (tertiary/aromatic N) is 2. The molecule has 0 atom stereocenters. The number of ether oxygens (including phenoxy) is 1. The first kappa shape index (κ1) is 16.1. The van der Waals surface area contributed by atoms with Crippen LogP contribution >= 0.6 is 11.6 Å². The van der Waals surface area contributed by atoms with Crippen LogP contribution in [-0.4, -0.2) is 23.3 Å². The molecule has 0 aliphatic rings. The monoisotopic (exact) mass is 320 g/mol. The molecule has 2 aromatic rings. The predicted octanol–water partition coefficient (Wildman–Crippen LogP) is 4.05. The van der Waals surface area contributed by atoms with E-state index < -0.39 is 6.09 Å². The molecule has 1 heterocycles. The van der Waals surface area contributed by atoms with Crippen LogP contribution in [0.1, 0.15) is 16.8 Å². The fraction of sp³-hybridized carbons (Fsp3) is 0.250. The maximum Gasteiger partial charge on any atom is 0.412 e. The van der Waals surface area contributed by atoms with Gasteiger partial charge in [0.05, 0.1) is 19.3 Å². The van der Waals surface area contributed by atoms with Crippen molar-refractivity contribution in [3.05, 3.63) is 52.3 Å². The summed E-state index contributed by atoms with van der Waals surface area (Å²) in [5.74, 6) is 0.724. The Morgan fingerprint density at radius 2 is 2.14 bits per heavy atom. The third-order valence-corrected chi connectivity index (χ3v) is 3.64. The molecule has 0 aliphatic carbocycles. The van der Waals surface area contributed by atoms with Crippen molar-refractivity contribution in [1.29, 1.82) is 0 Å². The number of benzene rings is 1. The highest BCUT2D eigenvalue weighted by molar-refractivity contribution is 6.30. The van der Waals surface area contributed by atoms with Gasteiger partial charge in [0.15, 0.2) is 0 Å².